The van der Waals surface area contributed by atoms with Gasteiger partial charge in [0.1, 0.15) is 5.82 Å². The van der Waals surface area contributed by atoms with E-state index in [2.05, 4.69) is 16.0 Å². The summed E-state index contributed by atoms with van der Waals surface area (Å²) in [6.07, 6.45) is 0. The van der Waals surface area contributed by atoms with E-state index in [9.17, 15) is 9.18 Å². The highest BCUT2D eigenvalue weighted by atomic mass is 19.1. The molecule has 1 aromatic heterocycles. The molecule has 3 N–H and O–H groups in total. The number of hydrogen-bond donors (Lipinski definition) is 2. The van der Waals surface area contributed by atoms with Crippen LogP contribution < -0.4 is 11.1 Å². The zero-order chi connectivity index (χ0) is 15.7. The van der Waals surface area contributed by atoms with Crippen LogP contribution in [-0.2, 0) is 13.6 Å². The van der Waals surface area contributed by atoms with Crippen molar-refractivity contribution in [3.8, 4) is 0 Å². The number of aryl methyl sites for hydroxylation is 1. The quantitative estimate of drug-likeness (QED) is 0.909. The van der Waals surface area contributed by atoms with Gasteiger partial charge in [-0.1, -0.05) is 0 Å². The number of nitrogens with two attached hydrogens (primary N) is 1. The fraction of sp³-hybridized carbons (Fsp3) is 0.312. The van der Waals surface area contributed by atoms with E-state index in [4.69, 9.17) is 5.73 Å². The lowest BCUT2D eigenvalue weighted by Crippen LogP contribution is -2.13. The number of carbonyl (C=O) groups excluding carboxylic acids is 1. The number of rotatable bonds is 4. The molecule has 0 aliphatic carbocycles. The van der Waals surface area contributed by atoms with Gasteiger partial charge in [0.2, 0.25) is 5.91 Å². The number of aromatic nitrogens is 1. The number of nitrogens with one attached hydrogen (secondary N) is 1. The molecule has 0 radical (unpaired) electrons. The number of anilines is 1. The summed E-state index contributed by atoms with van der Waals surface area (Å²) in [6, 6.07) is 4.85. The summed E-state index contributed by atoms with van der Waals surface area (Å²) in [7, 11) is 2.01. The Bertz CT molecular complexity index is 704. The molecule has 0 unspecified atom stereocenters. The summed E-state index contributed by atoms with van der Waals surface area (Å²) < 4.78 is 15.9. The number of carbonyl (C=O) groups is 1. The molecule has 2 rings (SSSR count). The van der Waals surface area contributed by atoms with Gasteiger partial charge in [-0.05, 0) is 44.5 Å². The van der Waals surface area contributed by atoms with Crippen molar-refractivity contribution in [3.05, 3.63) is 52.1 Å². The van der Waals surface area contributed by atoms with Gasteiger partial charge in [0.15, 0.2) is 0 Å². The molecule has 4 nitrogen and oxygen atoms in total. The number of nitrogens with zero attached hydrogens (tertiary/aromatic N) is 1. The van der Waals surface area contributed by atoms with Crippen molar-refractivity contribution in [1.29, 1.82) is 0 Å². The second kappa shape index (κ2) is 5.60. The lowest BCUT2D eigenvalue weighted by molar-refractivity contribution is 0.1000. The maximum Gasteiger partial charge on any atom is 0.248 e. The highest BCUT2D eigenvalue weighted by Crippen LogP contribution is 2.22. The molecular formula is C16H20FN3O. The Morgan fingerprint density at radius 1 is 1.29 bits per heavy atom. The van der Waals surface area contributed by atoms with E-state index in [1.807, 2.05) is 20.9 Å². The number of halogens is 1. The summed E-state index contributed by atoms with van der Waals surface area (Å²) in [5, 5.41) is 3.19. The molecule has 1 amide bonds. The maximum absolute atomic E-state index is 13.8. The highest BCUT2D eigenvalue weighted by Gasteiger charge is 2.11. The van der Waals surface area contributed by atoms with Crippen LogP contribution in [-0.4, -0.2) is 10.5 Å². The Balaban J connectivity index is 2.27. The second-order valence-electron chi connectivity index (χ2n) is 5.30. The Labute approximate surface area is 123 Å². The molecule has 0 fully saturated rings. The van der Waals surface area contributed by atoms with Crippen LogP contribution in [0.2, 0.25) is 0 Å². The summed E-state index contributed by atoms with van der Waals surface area (Å²) in [6.45, 7) is 6.31. The van der Waals surface area contributed by atoms with Gasteiger partial charge in [-0.15, -0.1) is 0 Å². The third kappa shape index (κ3) is 2.91. The van der Waals surface area contributed by atoms with Gasteiger partial charge in [-0.2, -0.15) is 0 Å². The average Bonchev–Trinajstić information content (AvgIpc) is 2.67. The topological polar surface area (TPSA) is 60.1 Å². The van der Waals surface area contributed by atoms with Crippen molar-refractivity contribution in [1.82, 2.24) is 4.57 Å². The van der Waals surface area contributed by atoms with E-state index in [0.29, 0.717) is 17.8 Å². The molecule has 1 heterocycles. The van der Waals surface area contributed by atoms with Gasteiger partial charge in [-0.25, -0.2) is 4.39 Å². The van der Waals surface area contributed by atoms with Gasteiger partial charge in [0, 0.05) is 41.8 Å². The Morgan fingerprint density at radius 2 is 1.95 bits per heavy atom. The van der Waals surface area contributed by atoms with Gasteiger partial charge in [-0.3, -0.25) is 4.79 Å². The number of amides is 1. The number of benzene rings is 1. The largest absolute Gasteiger partial charge is 0.381 e. The maximum atomic E-state index is 13.8. The number of primary amides is 1. The first kappa shape index (κ1) is 15.1. The SMILES string of the molecule is Cc1c(F)cc(C(N)=O)cc1NCc1cc(C)n(C)c1C. The fourth-order valence-corrected chi connectivity index (χ4v) is 2.31. The second-order valence-corrected chi connectivity index (χ2v) is 5.30. The van der Waals surface area contributed by atoms with E-state index in [1.165, 1.54) is 6.07 Å². The van der Waals surface area contributed by atoms with Crippen LogP contribution in [0.1, 0.15) is 32.9 Å². The standard InChI is InChI=1S/C16H20FN3O/c1-9-5-13(11(3)20(9)4)8-19-15-7-12(16(18)21)6-14(17)10(15)2/h5-7,19H,8H2,1-4H3,(H2,18,21). The number of hydrogen-bond acceptors (Lipinski definition) is 2. The molecule has 5 heteroatoms. The first-order valence-corrected chi connectivity index (χ1v) is 6.77. The predicted molar refractivity (Wildman–Crippen MR) is 81.9 cm³/mol. The van der Waals surface area contributed by atoms with Crippen LogP contribution in [0.3, 0.4) is 0 Å². The Kier molecular flexibility index (Phi) is 4.02. The lowest BCUT2D eigenvalue weighted by Gasteiger charge is -2.12. The van der Waals surface area contributed by atoms with E-state index in [0.717, 1.165) is 17.0 Å². The smallest absolute Gasteiger partial charge is 0.248 e. The first-order valence-electron chi connectivity index (χ1n) is 6.77. The molecule has 112 valence electrons. The average molecular weight is 289 g/mol. The minimum atomic E-state index is -0.635. The molecule has 0 aliphatic rings. The van der Waals surface area contributed by atoms with Crippen molar-refractivity contribution in [2.75, 3.05) is 5.32 Å². The fourth-order valence-electron chi connectivity index (χ4n) is 2.31. The molecule has 0 aliphatic heterocycles. The van der Waals surface area contributed by atoms with Crippen molar-refractivity contribution in [3.63, 3.8) is 0 Å². The zero-order valence-electron chi connectivity index (χ0n) is 12.7. The van der Waals surface area contributed by atoms with Crippen LogP contribution in [0, 0.1) is 26.6 Å². The lowest BCUT2D eigenvalue weighted by atomic mass is 10.1. The molecule has 0 saturated heterocycles. The van der Waals surface area contributed by atoms with Crippen LogP contribution in [0.4, 0.5) is 10.1 Å². The molecule has 0 bridgehead atoms. The molecule has 0 saturated carbocycles. The van der Waals surface area contributed by atoms with Crippen molar-refractivity contribution in [2.45, 2.75) is 27.3 Å². The minimum Gasteiger partial charge on any atom is -0.381 e. The van der Waals surface area contributed by atoms with Crippen molar-refractivity contribution in [2.24, 2.45) is 12.8 Å². The monoisotopic (exact) mass is 289 g/mol. The third-order valence-corrected chi connectivity index (χ3v) is 3.98. The molecule has 0 atom stereocenters. The van der Waals surface area contributed by atoms with Gasteiger partial charge >= 0.3 is 0 Å². The van der Waals surface area contributed by atoms with E-state index in [1.54, 1.807) is 13.0 Å². The predicted octanol–water partition coefficient (Wildman–Crippen LogP) is 2.80. The summed E-state index contributed by atoms with van der Waals surface area (Å²) in [5.41, 5.74) is 9.91. The molecule has 2 aromatic rings. The third-order valence-electron chi connectivity index (χ3n) is 3.98. The molecule has 1 aromatic carbocycles. The van der Waals surface area contributed by atoms with Gasteiger partial charge in [0.05, 0.1) is 0 Å². The van der Waals surface area contributed by atoms with E-state index in [-0.39, 0.29) is 5.56 Å². The van der Waals surface area contributed by atoms with Crippen LogP contribution in [0.5, 0.6) is 0 Å². The Morgan fingerprint density at radius 3 is 2.48 bits per heavy atom. The molecule has 0 spiro atoms. The van der Waals surface area contributed by atoms with Gasteiger partial charge < -0.3 is 15.6 Å². The van der Waals surface area contributed by atoms with Crippen LogP contribution in [0.15, 0.2) is 18.2 Å². The Hall–Kier alpha value is -2.30. The molecular weight excluding hydrogens is 269 g/mol. The van der Waals surface area contributed by atoms with E-state index < -0.39 is 11.7 Å². The summed E-state index contributed by atoms with van der Waals surface area (Å²) >= 11 is 0. The molecule has 21 heavy (non-hydrogen) atoms. The first-order chi connectivity index (χ1) is 9.81. The van der Waals surface area contributed by atoms with Crippen LogP contribution >= 0.6 is 0 Å². The normalized spacial score (nSPS) is 10.7. The van der Waals surface area contributed by atoms with Crippen molar-refractivity contribution >= 4 is 11.6 Å². The van der Waals surface area contributed by atoms with Crippen molar-refractivity contribution < 1.29 is 9.18 Å². The minimum absolute atomic E-state index is 0.168. The van der Waals surface area contributed by atoms with Crippen LogP contribution in [0.25, 0.3) is 0 Å². The van der Waals surface area contributed by atoms with Gasteiger partial charge in [0.25, 0.3) is 0 Å². The summed E-state index contributed by atoms with van der Waals surface area (Å²) in [5.74, 6) is -1.07. The zero-order valence-corrected chi connectivity index (χ0v) is 12.7. The highest BCUT2D eigenvalue weighted by molar-refractivity contribution is 5.94. The van der Waals surface area contributed by atoms with E-state index >= 15 is 0 Å². The summed E-state index contributed by atoms with van der Waals surface area (Å²) in [4.78, 5) is 11.2.